The molecule has 1 aliphatic carbocycles. The Balaban J connectivity index is 1.71. The molecule has 3 saturated heterocycles. The Bertz CT molecular complexity index is 1070. The van der Waals surface area contributed by atoms with Crippen molar-refractivity contribution in [2.45, 2.75) is 24.1 Å². The molecule has 0 unspecified atom stereocenters. The summed E-state index contributed by atoms with van der Waals surface area (Å²) >= 11 is 0. The largest absolute Gasteiger partial charge is 0.392 e. The van der Waals surface area contributed by atoms with E-state index in [2.05, 4.69) is 0 Å². The van der Waals surface area contributed by atoms with Crippen molar-refractivity contribution >= 4 is 28.4 Å². The van der Waals surface area contributed by atoms with Crippen molar-refractivity contribution in [1.82, 2.24) is 9.80 Å². The molecule has 6 nitrogen and oxygen atoms in total. The molecule has 5 atom stereocenters. The maximum Gasteiger partial charge on any atom is 0.235 e. The van der Waals surface area contributed by atoms with Crippen molar-refractivity contribution in [2.24, 2.45) is 11.8 Å². The molecule has 1 N–H and O–H groups in total. The number of carbonyl (C=O) groups excluding carboxylic acids is 3. The SMILES string of the molecule is CN1C(=O)[C@H]2[C@@H](C1=O)[C@]1(C(=O)c3cccc4cccc1c34)N1C[C@@H](O)C[C@@H]21. The van der Waals surface area contributed by atoms with Gasteiger partial charge in [-0.15, -0.1) is 0 Å². The molecule has 4 aliphatic rings. The Labute approximate surface area is 155 Å². The number of ketones is 1. The quantitative estimate of drug-likeness (QED) is 0.705. The lowest BCUT2D eigenvalue weighted by Gasteiger charge is -2.37. The Morgan fingerprint density at radius 1 is 1.07 bits per heavy atom. The van der Waals surface area contributed by atoms with Gasteiger partial charge in [0, 0.05) is 25.2 Å². The normalized spacial score (nSPS) is 37.1. The first-order chi connectivity index (χ1) is 13.0. The second-order valence-corrected chi connectivity index (χ2v) is 8.15. The maximum absolute atomic E-state index is 13.8. The highest BCUT2D eigenvalue weighted by molar-refractivity contribution is 6.23. The molecule has 3 heterocycles. The van der Waals surface area contributed by atoms with Crippen LogP contribution < -0.4 is 0 Å². The lowest BCUT2D eigenvalue weighted by molar-refractivity contribution is -0.140. The molecule has 0 bridgehead atoms. The molecule has 0 saturated carbocycles. The van der Waals surface area contributed by atoms with Crippen LogP contribution in [0.15, 0.2) is 36.4 Å². The van der Waals surface area contributed by atoms with Crippen LogP contribution in [0.1, 0.15) is 22.3 Å². The Kier molecular flexibility index (Phi) is 2.66. The van der Waals surface area contributed by atoms with Crippen LogP contribution >= 0.6 is 0 Å². The average molecular weight is 362 g/mol. The Hall–Kier alpha value is -2.57. The molecule has 3 fully saturated rings. The van der Waals surface area contributed by atoms with Gasteiger partial charge < -0.3 is 5.11 Å². The summed E-state index contributed by atoms with van der Waals surface area (Å²) in [4.78, 5) is 43.0. The van der Waals surface area contributed by atoms with Crippen molar-refractivity contribution < 1.29 is 19.5 Å². The maximum atomic E-state index is 13.8. The summed E-state index contributed by atoms with van der Waals surface area (Å²) in [5, 5.41) is 12.2. The van der Waals surface area contributed by atoms with Gasteiger partial charge in [0.2, 0.25) is 11.8 Å². The van der Waals surface area contributed by atoms with E-state index in [1.54, 1.807) is 0 Å². The van der Waals surface area contributed by atoms with Crippen LogP contribution in [0.3, 0.4) is 0 Å². The highest BCUT2D eigenvalue weighted by atomic mass is 16.3. The number of rotatable bonds is 0. The fourth-order valence-electron chi connectivity index (χ4n) is 6.20. The minimum atomic E-state index is -1.19. The van der Waals surface area contributed by atoms with Crippen molar-refractivity contribution in [2.75, 3.05) is 13.6 Å². The predicted molar refractivity (Wildman–Crippen MR) is 95.8 cm³/mol. The number of hydrogen-bond donors (Lipinski definition) is 1. The number of nitrogens with zero attached hydrogens (tertiary/aromatic N) is 2. The van der Waals surface area contributed by atoms with Gasteiger partial charge in [-0.05, 0) is 22.8 Å². The van der Waals surface area contributed by atoms with Gasteiger partial charge in [-0.3, -0.25) is 24.2 Å². The number of fused-ring (bicyclic) bond motifs is 6. The van der Waals surface area contributed by atoms with E-state index >= 15 is 0 Å². The minimum Gasteiger partial charge on any atom is -0.392 e. The van der Waals surface area contributed by atoms with E-state index in [0.717, 1.165) is 16.3 Å². The van der Waals surface area contributed by atoms with Crippen LogP contribution in [0.4, 0.5) is 0 Å². The summed E-state index contributed by atoms with van der Waals surface area (Å²) in [6.45, 7) is 0.304. The highest BCUT2D eigenvalue weighted by Gasteiger charge is 2.74. The van der Waals surface area contributed by atoms with Gasteiger partial charge in [-0.2, -0.15) is 0 Å². The summed E-state index contributed by atoms with van der Waals surface area (Å²) in [6.07, 6.45) is -0.188. The van der Waals surface area contributed by atoms with Crippen LogP contribution in [0, 0.1) is 11.8 Å². The number of hydrogen-bond acceptors (Lipinski definition) is 5. The van der Waals surface area contributed by atoms with Gasteiger partial charge in [0.25, 0.3) is 0 Å². The smallest absolute Gasteiger partial charge is 0.235 e. The predicted octanol–water partition coefficient (Wildman–Crippen LogP) is 0.911. The van der Waals surface area contributed by atoms with Gasteiger partial charge in [-0.25, -0.2) is 0 Å². The number of likely N-dealkylation sites (tertiary alicyclic amines) is 1. The molecule has 27 heavy (non-hydrogen) atoms. The van der Waals surface area contributed by atoms with Gasteiger partial charge in [0.1, 0.15) is 5.54 Å². The molecule has 136 valence electrons. The third kappa shape index (κ3) is 1.47. The van der Waals surface area contributed by atoms with Gasteiger partial charge in [0.15, 0.2) is 5.78 Å². The summed E-state index contributed by atoms with van der Waals surface area (Å²) in [5.74, 6) is -1.93. The lowest BCUT2D eigenvalue weighted by atomic mass is 9.74. The topological polar surface area (TPSA) is 77.9 Å². The van der Waals surface area contributed by atoms with Crippen LogP contribution in [-0.4, -0.2) is 58.2 Å². The van der Waals surface area contributed by atoms with Crippen molar-refractivity contribution in [3.05, 3.63) is 47.5 Å². The number of imide groups is 1. The first kappa shape index (κ1) is 15.5. The fourth-order valence-corrected chi connectivity index (χ4v) is 6.20. The summed E-state index contributed by atoms with van der Waals surface area (Å²) < 4.78 is 0. The van der Waals surface area contributed by atoms with E-state index < -0.39 is 23.5 Å². The number of carbonyl (C=O) groups is 3. The zero-order valence-corrected chi connectivity index (χ0v) is 14.8. The molecular formula is C21H18N2O4. The lowest BCUT2D eigenvalue weighted by Crippen LogP contribution is -2.53. The molecule has 3 aliphatic heterocycles. The zero-order valence-electron chi connectivity index (χ0n) is 14.8. The van der Waals surface area contributed by atoms with Crippen LogP contribution in [0.5, 0.6) is 0 Å². The summed E-state index contributed by atoms with van der Waals surface area (Å²) in [6, 6.07) is 11.1. The van der Waals surface area contributed by atoms with Gasteiger partial charge >= 0.3 is 0 Å². The van der Waals surface area contributed by atoms with Gasteiger partial charge in [-0.1, -0.05) is 36.4 Å². The van der Waals surface area contributed by atoms with E-state index in [4.69, 9.17) is 0 Å². The summed E-state index contributed by atoms with van der Waals surface area (Å²) in [7, 11) is 1.50. The third-order valence-electron chi connectivity index (χ3n) is 7.12. The van der Waals surface area contributed by atoms with Crippen molar-refractivity contribution in [3.63, 3.8) is 0 Å². The van der Waals surface area contributed by atoms with E-state index in [-0.39, 0.29) is 23.6 Å². The van der Waals surface area contributed by atoms with E-state index in [0.29, 0.717) is 18.5 Å². The zero-order chi connectivity index (χ0) is 18.7. The molecule has 0 aromatic heterocycles. The van der Waals surface area contributed by atoms with Crippen LogP contribution in [-0.2, 0) is 15.1 Å². The number of amides is 2. The second kappa shape index (κ2) is 4.64. The minimum absolute atomic E-state index is 0.114. The number of aliphatic hydroxyl groups is 1. The van der Waals surface area contributed by atoms with E-state index in [1.165, 1.54) is 11.9 Å². The Morgan fingerprint density at radius 3 is 2.59 bits per heavy atom. The monoisotopic (exact) mass is 362 g/mol. The summed E-state index contributed by atoms with van der Waals surface area (Å²) in [5.41, 5.74) is 0.232. The van der Waals surface area contributed by atoms with Crippen LogP contribution in [0.2, 0.25) is 0 Å². The van der Waals surface area contributed by atoms with Crippen LogP contribution in [0.25, 0.3) is 10.8 Å². The standard InChI is InChI=1S/C21H18N2O4/c1-22-19(26)16-14-8-11(24)9-23(14)21(17(16)20(22)27)13-7-3-5-10-4-2-6-12(15(10)13)18(21)25/h2-7,11,14,16-17,24H,8-9H2,1H3/t11-,14-,16+,17-,21+/m0/s1. The molecule has 2 aromatic rings. The average Bonchev–Trinajstić information content (AvgIpc) is 3.31. The first-order valence-electron chi connectivity index (χ1n) is 9.31. The molecule has 2 aromatic carbocycles. The molecular weight excluding hydrogens is 344 g/mol. The fraction of sp³-hybridized carbons (Fsp3) is 0.381. The molecule has 1 spiro atoms. The first-order valence-corrected chi connectivity index (χ1v) is 9.31. The second-order valence-electron chi connectivity index (χ2n) is 8.15. The molecule has 6 rings (SSSR count). The van der Waals surface area contributed by atoms with Crippen molar-refractivity contribution in [1.29, 1.82) is 0 Å². The number of Topliss-reactive ketones (excluding diaryl/α,β-unsaturated/α-hetero) is 1. The van der Waals surface area contributed by atoms with E-state index in [1.807, 2.05) is 41.3 Å². The highest BCUT2D eigenvalue weighted by Crippen LogP contribution is 2.61. The molecule has 2 amide bonds. The third-order valence-corrected chi connectivity index (χ3v) is 7.12. The molecule has 6 heteroatoms. The number of aliphatic hydroxyl groups excluding tert-OH is 1. The molecule has 0 radical (unpaired) electrons. The van der Waals surface area contributed by atoms with Crippen molar-refractivity contribution in [3.8, 4) is 0 Å². The Morgan fingerprint density at radius 2 is 1.81 bits per heavy atom. The van der Waals surface area contributed by atoms with E-state index in [9.17, 15) is 19.5 Å². The number of benzene rings is 2. The van der Waals surface area contributed by atoms with Gasteiger partial charge in [0.05, 0.1) is 17.9 Å².